The molecule has 4 heteroatoms. The van der Waals surface area contributed by atoms with E-state index in [9.17, 15) is 9.59 Å². The van der Waals surface area contributed by atoms with E-state index in [1.54, 1.807) is 0 Å². The minimum absolute atomic E-state index is 0.0340. The lowest BCUT2D eigenvalue weighted by atomic mass is 9.67. The molecule has 0 unspecified atom stereocenters. The molecule has 27 heavy (non-hydrogen) atoms. The molecule has 2 atom stereocenters. The fourth-order valence-electron chi connectivity index (χ4n) is 4.36. The van der Waals surface area contributed by atoms with Crippen LogP contribution in [-0.2, 0) is 9.59 Å². The molecule has 2 aliphatic carbocycles. The molecule has 2 fully saturated rings. The summed E-state index contributed by atoms with van der Waals surface area (Å²) in [6.07, 6.45) is 4.43. The van der Waals surface area contributed by atoms with Crippen molar-refractivity contribution in [2.24, 2.45) is 17.8 Å². The van der Waals surface area contributed by atoms with E-state index in [1.165, 1.54) is 0 Å². The number of ether oxygens (including phenoxy) is 1. The molecule has 2 aliphatic rings. The number of aryl methyl sites for hydroxylation is 1. The molecule has 0 aromatic heterocycles. The number of amides is 1. The second-order valence-corrected chi connectivity index (χ2v) is 7.83. The Kier molecular flexibility index (Phi) is 4.97. The van der Waals surface area contributed by atoms with E-state index >= 15 is 0 Å². The molecule has 2 aromatic rings. The average Bonchev–Trinajstić information content (AvgIpc) is 2.63. The summed E-state index contributed by atoms with van der Waals surface area (Å²) >= 11 is 0. The van der Waals surface area contributed by atoms with E-state index in [4.69, 9.17) is 4.74 Å². The highest BCUT2D eigenvalue weighted by Gasteiger charge is 2.41. The Morgan fingerprint density at radius 3 is 2.37 bits per heavy atom. The number of hydrogen-bond donors (Lipinski definition) is 1. The summed E-state index contributed by atoms with van der Waals surface area (Å²) < 4.78 is 5.85. The van der Waals surface area contributed by atoms with Crippen LogP contribution in [0.2, 0.25) is 0 Å². The number of fused-ring (bicyclic) bond motifs is 2. The maximum absolute atomic E-state index is 12.7. The maximum atomic E-state index is 12.7. The zero-order valence-electron chi connectivity index (χ0n) is 15.6. The highest BCUT2D eigenvalue weighted by atomic mass is 16.5. The van der Waals surface area contributed by atoms with Crippen molar-refractivity contribution in [1.29, 1.82) is 0 Å². The lowest BCUT2D eigenvalue weighted by Gasteiger charge is -2.36. The van der Waals surface area contributed by atoms with Crippen molar-refractivity contribution >= 4 is 17.4 Å². The first-order valence-electron chi connectivity index (χ1n) is 9.77. The fourth-order valence-corrected chi connectivity index (χ4v) is 4.36. The van der Waals surface area contributed by atoms with Crippen molar-refractivity contribution in [2.75, 3.05) is 5.32 Å². The second kappa shape index (κ2) is 7.55. The topological polar surface area (TPSA) is 55.4 Å². The van der Waals surface area contributed by atoms with Gasteiger partial charge in [-0.3, -0.25) is 9.59 Å². The van der Waals surface area contributed by atoms with E-state index < -0.39 is 0 Å². The Labute approximate surface area is 159 Å². The number of Topliss-reactive ketones (excluding diaryl/α,β-unsaturated/α-hetero) is 1. The lowest BCUT2D eigenvalue weighted by Crippen LogP contribution is -2.40. The zero-order chi connectivity index (χ0) is 18.8. The van der Waals surface area contributed by atoms with Gasteiger partial charge in [-0.25, -0.2) is 0 Å². The normalized spacial score (nSPS) is 24.3. The van der Waals surface area contributed by atoms with Crippen LogP contribution in [0.3, 0.4) is 0 Å². The SMILES string of the molecule is Cc1cccc(Oc2ccc(NC(=O)C3C[C@@H]4CCC[C@@H](C3)C4=O)cc2)c1. The smallest absolute Gasteiger partial charge is 0.227 e. The number of anilines is 1. The second-order valence-electron chi connectivity index (χ2n) is 7.83. The zero-order valence-corrected chi connectivity index (χ0v) is 15.6. The van der Waals surface area contributed by atoms with Crippen molar-refractivity contribution in [3.63, 3.8) is 0 Å². The van der Waals surface area contributed by atoms with Gasteiger partial charge in [-0.2, -0.15) is 0 Å². The highest BCUT2D eigenvalue weighted by Crippen LogP contribution is 2.40. The van der Waals surface area contributed by atoms with Gasteiger partial charge in [0.25, 0.3) is 0 Å². The molecule has 0 saturated heterocycles. The third-order valence-corrected chi connectivity index (χ3v) is 5.77. The van der Waals surface area contributed by atoms with Gasteiger partial charge in [-0.1, -0.05) is 18.6 Å². The number of ketones is 1. The first-order valence-corrected chi connectivity index (χ1v) is 9.77. The van der Waals surface area contributed by atoms with E-state index in [1.807, 2.05) is 55.5 Å². The number of rotatable bonds is 4. The summed E-state index contributed by atoms with van der Waals surface area (Å²) in [6.45, 7) is 2.03. The standard InChI is InChI=1S/C23H25NO3/c1-15-4-2-7-21(12-15)27-20-10-8-19(9-11-20)24-23(26)18-13-16-5-3-6-17(14-18)22(16)25/h2,4,7-12,16-18H,3,5-6,13-14H2,1H3,(H,24,26)/t16-,17-/m0/s1. The van der Waals surface area contributed by atoms with E-state index in [0.29, 0.717) is 18.6 Å². The quantitative estimate of drug-likeness (QED) is 0.820. The summed E-state index contributed by atoms with van der Waals surface area (Å²) in [6, 6.07) is 15.3. The van der Waals surface area contributed by atoms with E-state index in [2.05, 4.69) is 5.32 Å². The van der Waals surface area contributed by atoms with Crippen LogP contribution in [0.25, 0.3) is 0 Å². The van der Waals surface area contributed by atoms with Gasteiger partial charge in [0.05, 0.1) is 0 Å². The van der Waals surface area contributed by atoms with Gasteiger partial charge in [0.1, 0.15) is 17.3 Å². The van der Waals surface area contributed by atoms with Gasteiger partial charge in [-0.15, -0.1) is 0 Å². The average molecular weight is 363 g/mol. The van der Waals surface area contributed by atoms with Crippen LogP contribution in [0, 0.1) is 24.7 Å². The molecule has 2 saturated carbocycles. The van der Waals surface area contributed by atoms with Crippen molar-refractivity contribution in [2.45, 2.75) is 39.0 Å². The van der Waals surface area contributed by atoms with Crippen molar-refractivity contribution in [3.05, 3.63) is 54.1 Å². The fraction of sp³-hybridized carbons (Fsp3) is 0.391. The van der Waals surface area contributed by atoms with E-state index in [-0.39, 0.29) is 23.7 Å². The predicted octanol–water partition coefficient (Wildman–Crippen LogP) is 5.12. The van der Waals surface area contributed by atoms with Crippen molar-refractivity contribution in [1.82, 2.24) is 0 Å². The highest BCUT2D eigenvalue weighted by molar-refractivity contribution is 5.95. The first-order chi connectivity index (χ1) is 13.1. The molecule has 4 nitrogen and oxygen atoms in total. The molecular formula is C23H25NO3. The lowest BCUT2D eigenvalue weighted by molar-refractivity contribution is -0.136. The summed E-state index contributed by atoms with van der Waals surface area (Å²) in [5.74, 6) is 2.09. The van der Waals surface area contributed by atoms with Gasteiger partial charge < -0.3 is 10.1 Å². The Morgan fingerprint density at radius 2 is 1.70 bits per heavy atom. The van der Waals surface area contributed by atoms with Crippen LogP contribution in [0.1, 0.15) is 37.7 Å². The largest absolute Gasteiger partial charge is 0.457 e. The number of carbonyl (C=O) groups is 2. The number of hydrogen-bond acceptors (Lipinski definition) is 3. The van der Waals surface area contributed by atoms with Crippen LogP contribution in [-0.4, -0.2) is 11.7 Å². The Balaban J connectivity index is 1.37. The van der Waals surface area contributed by atoms with Gasteiger partial charge in [0.2, 0.25) is 5.91 Å². The Morgan fingerprint density at radius 1 is 1.00 bits per heavy atom. The van der Waals surface area contributed by atoms with Crippen LogP contribution < -0.4 is 10.1 Å². The molecule has 0 aliphatic heterocycles. The van der Waals surface area contributed by atoms with E-state index in [0.717, 1.165) is 42.0 Å². The minimum Gasteiger partial charge on any atom is -0.457 e. The molecule has 0 spiro atoms. The van der Waals surface area contributed by atoms with Gasteiger partial charge in [0, 0.05) is 23.4 Å². The number of nitrogens with one attached hydrogen (secondary N) is 1. The number of carbonyl (C=O) groups excluding carboxylic acids is 2. The summed E-state index contributed by atoms with van der Waals surface area (Å²) in [5.41, 5.74) is 1.91. The van der Waals surface area contributed by atoms with Crippen LogP contribution in [0.15, 0.2) is 48.5 Å². The molecule has 0 heterocycles. The van der Waals surface area contributed by atoms with Gasteiger partial charge in [-0.05, 0) is 74.6 Å². The third kappa shape index (κ3) is 4.05. The molecule has 4 rings (SSSR count). The molecule has 2 bridgehead atoms. The van der Waals surface area contributed by atoms with Crippen LogP contribution >= 0.6 is 0 Å². The van der Waals surface area contributed by atoms with Crippen molar-refractivity contribution in [3.8, 4) is 11.5 Å². The molecule has 2 aromatic carbocycles. The minimum atomic E-state index is -0.0544. The molecular weight excluding hydrogens is 338 g/mol. The third-order valence-electron chi connectivity index (χ3n) is 5.77. The number of benzene rings is 2. The molecule has 140 valence electrons. The van der Waals surface area contributed by atoms with Gasteiger partial charge >= 0.3 is 0 Å². The monoisotopic (exact) mass is 363 g/mol. The predicted molar refractivity (Wildman–Crippen MR) is 105 cm³/mol. The van der Waals surface area contributed by atoms with Crippen molar-refractivity contribution < 1.29 is 14.3 Å². The maximum Gasteiger partial charge on any atom is 0.227 e. The van der Waals surface area contributed by atoms with Gasteiger partial charge in [0.15, 0.2) is 0 Å². The summed E-state index contributed by atoms with van der Waals surface area (Å²) in [4.78, 5) is 24.9. The summed E-state index contributed by atoms with van der Waals surface area (Å²) in [7, 11) is 0. The van der Waals surface area contributed by atoms with Crippen LogP contribution in [0.4, 0.5) is 5.69 Å². The van der Waals surface area contributed by atoms with Crippen LogP contribution in [0.5, 0.6) is 11.5 Å². The molecule has 0 radical (unpaired) electrons. The summed E-state index contributed by atoms with van der Waals surface area (Å²) in [5, 5.41) is 3.01. The Hall–Kier alpha value is -2.62. The Bertz CT molecular complexity index is 827. The molecule has 1 amide bonds. The first kappa shape index (κ1) is 17.8. The molecule has 1 N–H and O–H groups in total.